The molecule has 0 aliphatic carbocycles. The molecule has 0 unspecified atom stereocenters. The quantitative estimate of drug-likeness (QED) is 0.490. The second kappa shape index (κ2) is 5.99. The van der Waals surface area contributed by atoms with Gasteiger partial charge in [-0.15, -0.1) is 0 Å². The second-order valence-electron chi connectivity index (χ2n) is 5.82. The molecule has 2 aromatic heterocycles. The number of aromatic nitrogens is 2. The maximum Gasteiger partial charge on any atom is 0.417 e. The maximum absolute atomic E-state index is 13.5. The Kier molecular flexibility index (Phi) is 3.73. The smallest absolute Gasteiger partial charge is 0.341 e. The molecule has 0 bridgehead atoms. The number of nitrogens with one attached hydrogen (secondary N) is 1. The van der Waals surface area contributed by atoms with Crippen molar-refractivity contribution in [2.24, 2.45) is 0 Å². The van der Waals surface area contributed by atoms with Crippen LogP contribution in [-0.2, 0) is 6.18 Å². The van der Waals surface area contributed by atoms with Gasteiger partial charge >= 0.3 is 6.18 Å². The lowest BCUT2D eigenvalue weighted by Crippen LogP contribution is -2.12. The summed E-state index contributed by atoms with van der Waals surface area (Å²) >= 11 is 0. The zero-order chi connectivity index (χ0) is 19.2. The number of hydrogen-bond acceptors (Lipinski definition) is 3. The number of benzene rings is 2. The molecule has 0 atom stereocenters. The lowest BCUT2D eigenvalue weighted by atomic mass is 10.1. The highest BCUT2D eigenvalue weighted by atomic mass is 19.4. The Balaban J connectivity index is 2.06. The molecule has 4 aromatic rings. The summed E-state index contributed by atoms with van der Waals surface area (Å²) in [5, 5.41) is 12.2. The van der Waals surface area contributed by atoms with Crippen molar-refractivity contribution in [3.05, 3.63) is 71.5 Å². The number of hydrogen-bond donors (Lipinski definition) is 1. The van der Waals surface area contributed by atoms with Crippen molar-refractivity contribution in [3.63, 3.8) is 0 Å². The van der Waals surface area contributed by atoms with E-state index in [1.54, 1.807) is 30.3 Å². The molecule has 0 aliphatic heterocycles. The SMILES string of the molecule is N#Cc1c(C(F)(F)F)cc(Nc2ccc(F)cc2)n2c1nc1ccccc12. The van der Waals surface area contributed by atoms with Crippen molar-refractivity contribution < 1.29 is 17.6 Å². The summed E-state index contributed by atoms with van der Waals surface area (Å²) in [5.74, 6) is -0.397. The molecule has 0 spiro atoms. The predicted molar refractivity (Wildman–Crippen MR) is 92.1 cm³/mol. The Morgan fingerprint density at radius 2 is 1.74 bits per heavy atom. The van der Waals surface area contributed by atoms with Crippen LogP contribution in [0.5, 0.6) is 0 Å². The largest absolute Gasteiger partial charge is 0.417 e. The van der Waals surface area contributed by atoms with Crippen LogP contribution in [0.3, 0.4) is 0 Å². The third kappa shape index (κ3) is 2.83. The van der Waals surface area contributed by atoms with Crippen LogP contribution in [0, 0.1) is 17.1 Å². The first kappa shape index (κ1) is 16.8. The van der Waals surface area contributed by atoms with Gasteiger partial charge in [0.1, 0.15) is 23.3 Å². The zero-order valence-corrected chi connectivity index (χ0v) is 13.5. The second-order valence-corrected chi connectivity index (χ2v) is 5.82. The van der Waals surface area contributed by atoms with Crippen LogP contribution in [0.2, 0.25) is 0 Å². The Morgan fingerprint density at radius 1 is 1.04 bits per heavy atom. The molecular weight excluding hydrogens is 360 g/mol. The van der Waals surface area contributed by atoms with Crippen molar-refractivity contribution in [3.8, 4) is 6.07 Å². The van der Waals surface area contributed by atoms with Crippen LogP contribution in [0.4, 0.5) is 29.1 Å². The molecule has 27 heavy (non-hydrogen) atoms. The maximum atomic E-state index is 13.5. The van der Waals surface area contributed by atoms with Crippen molar-refractivity contribution in [1.82, 2.24) is 9.38 Å². The monoisotopic (exact) mass is 370 g/mol. The molecule has 8 heteroatoms. The highest BCUT2D eigenvalue weighted by molar-refractivity contribution is 5.86. The minimum Gasteiger partial charge on any atom is -0.341 e. The number of nitrogens with zero attached hydrogens (tertiary/aromatic N) is 3. The van der Waals surface area contributed by atoms with Gasteiger partial charge in [-0.2, -0.15) is 18.4 Å². The summed E-state index contributed by atoms with van der Waals surface area (Å²) in [6.07, 6.45) is -4.73. The third-order valence-electron chi connectivity index (χ3n) is 4.11. The molecule has 2 aromatic carbocycles. The number of alkyl halides is 3. The molecule has 0 saturated carbocycles. The Labute approximate surface area is 150 Å². The molecule has 2 heterocycles. The van der Waals surface area contributed by atoms with Gasteiger partial charge in [0.15, 0.2) is 5.65 Å². The summed E-state index contributed by atoms with van der Waals surface area (Å²) in [7, 11) is 0. The van der Waals surface area contributed by atoms with E-state index < -0.39 is 23.1 Å². The third-order valence-corrected chi connectivity index (χ3v) is 4.11. The fourth-order valence-corrected chi connectivity index (χ4v) is 2.94. The van der Waals surface area contributed by atoms with E-state index in [2.05, 4.69) is 10.3 Å². The molecule has 0 radical (unpaired) electrons. The molecule has 134 valence electrons. The minimum atomic E-state index is -4.73. The number of nitriles is 1. The average Bonchev–Trinajstić information content (AvgIpc) is 3.02. The van der Waals surface area contributed by atoms with Gasteiger partial charge in [0, 0.05) is 5.69 Å². The summed E-state index contributed by atoms with van der Waals surface area (Å²) in [4.78, 5) is 4.22. The fourth-order valence-electron chi connectivity index (χ4n) is 2.94. The van der Waals surface area contributed by atoms with Gasteiger partial charge in [-0.1, -0.05) is 12.1 Å². The Bertz CT molecular complexity index is 1200. The van der Waals surface area contributed by atoms with Crippen molar-refractivity contribution in [2.45, 2.75) is 6.18 Å². The van der Waals surface area contributed by atoms with Crippen molar-refractivity contribution in [1.29, 1.82) is 5.26 Å². The Hall–Kier alpha value is -3.60. The molecule has 0 aliphatic rings. The van der Waals surface area contributed by atoms with Crippen molar-refractivity contribution in [2.75, 3.05) is 5.32 Å². The van der Waals surface area contributed by atoms with Crippen LogP contribution < -0.4 is 5.32 Å². The summed E-state index contributed by atoms with van der Waals surface area (Å²) in [6.45, 7) is 0. The van der Waals surface area contributed by atoms with E-state index in [4.69, 9.17) is 0 Å². The summed E-state index contributed by atoms with van der Waals surface area (Å²) in [5.41, 5.74) is -0.343. The topological polar surface area (TPSA) is 53.1 Å². The number of rotatable bonds is 2. The predicted octanol–water partition coefficient (Wildman–Crippen LogP) is 5.26. The highest BCUT2D eigenvalue weighted by Crippen LogP contribution is 2.37. The number of fused-ring (bicyclic) bond motifs is 3. The van der Waals surface area contributed by atoms with E-state index in [1.165, 1.54) is 28.7 Å². The van der Waals surface area contributed by atoms with Crippen LogP contribution in [0.25, 0.3) is 16.7 Å². The lowest BCUT2D eigenvalue weighted by molar-refractivity contribution is -0.137. The summed E-state index contributed by atoms with van der Waals surface area (Å²) in [6, 6.07) is 14.5. The standard InChI is InChI=1S/C19H10F4N4/c20-11-5-7-12(8-6-11)25-17-9-14(19(21,22)23)13(10-24)18-26-15-3-1-2-4-16(15)27(17)18/h1-9,25H. The van der Waals surface area contributed by atoms with Gasteiger partial charge in [-0.3, -0.25) is 4.40 Å². The molecule has 0 fully saturated rings. The molecule has 1 N–H and O–H groups in total. The van der Waals surface area contributed by atoms with Crippen LogP contribution in [0.1, 0.15) is 11.1 Å². The number of anilines is 2. The van der Waals surface area contributed by atoms with Crippen LogP contribution in [-0.4, -0.2) is 9.38 Å². The van der Waals surface area contributed by atoms with E-state index in [9.17, 15) is 22.8 Å². The normalized spacial score (nSPS) is 11.7. The van der Waals surface area contributed by atoms with E-state index in [0.29, 0.717) is 16.7 Å². The number of halogens is 4. The van der Waals surface area contributed by atoms with Gasteiger partial charge in [0.2, 0.25) is 0 Å². The lowest BCUT2D eigenvalue weighted by Gasteiger charge is -2.15. The first-order valence-electron chi connectivity index (χ1n) is 7.82. The molecule has 4 nitrogen and oxygen atoms in total. The number of para-hydroxylation sites is 2. The van der Waals surface area contributed by atoms with E-state index in [1.807, 2.05) is 0 Å². The first-order chi connectivity index (χ1) is 12.9. The highest BCUT2D eigenvalue weighted by Gasteiger charge is 2.36. The number of pyridine rings is 1. The molecule has 0 amide bonds. The van der Waals surface area contributed by atoms with Gasteiger partial charge in [-0.05, 0) is 42.5 Å². The van der Waals surface area contributed by atoms with Crippen LogP contribution >= 0.6 is 0 Å². The average molecular weight is 370 g/mol. The van der Waals surface area contributed by atoms with Crippen molar-refractivity contribution >= 4 is 28.2 Å². The van der Waals surface area contributed by atoms with Gasteiger partial charge in [-0.25, -0.2) is 9.37 Å². The number of imidazole rings is 1. The van der Waals surface area contributed by atoms with Gasteiger partial charge < -0.3 is 5.32 Å². The first-order valence-corrected chi connectivity index (χ1v) is 7.82. The fraction of sp³-hybridized carbons (Fsp3) is 0.0526. The zero-order valence-electron chi connectivity index (χ0n) is 13.5. The van der Waals surface area contributed by atoms with Crippen LogP contribution in [0.15, 0.2) is 54.6 Å². The Morgan fingerprint density at radius 3 is 2.41 bits per heavy atom. The summed E-state index contributed by atoms with van der Waals surface area (Å²) < 4.78 is 55.2. The van der Waals surface area contributed by atoms with E-state index in [-0.39, 0.29) is 11.5 Å². The molecule has 4 rings (SSSR count). The van der Waals surface area contributed by atoms with E-state index in [0.717, 1.165) is 6.07 Å². The molecular formula is C19H10F4N4. The van der Waals surface area contributed by atoms with Gasteiger partial charge in [0.05, 0.1) is 16.6 Å². The van der Waals surface area contributed by atoms with Gasteiger partial charge in [0.25, 0.3) is 0 Å². The minimum absolute atomic E-state index is 0.0663. The molecule has 0 saturated heterocycles. The van der Waals surface area contributed by atoms with E-state index >= 15 is 0 Å².